The molecule has 0 saturated carbocycles. The first-order valence-electron chi connectivity index (χ1n) is 8.39. The molecule has 0 aromatic heterocycles. The Morgan fingerprint density at radius 2 is 1.62 bits per heavy atom. The largest absolute Gasteiger partial charge is 0.478 e. The number of amides is 2. The number of benzene rings is 2. The van der Waals surface area contributed by atoms with E-state index in [2.05, 4.69) is 10.6 Å². The average Bonchev–Trinajstić information content (AvgIpc) is 2.63. The molecule has 0 atom stereocenters. The molecule has 0 aliphatic carbocycles. The van der Waals surface area contributed by atoms with Gasteiger partial charge in [-0.25, -0.2) is 4.79 Å². The van der Waals surface area contributed by atoms with Crippen molar-refractivity contribution in [3.63, 3.8) is 0 Å². The maximum Gasteiger partial charge on any atom is 0.335 e. The van der Waals surface area contributed by atoms with Crippen LogP contribution in [0.1, 0.15) is 38.3 Å². The van der Waals surface area contributed by atoms with E-state index in [-0.39, 0.29) is 17.4 Å². The van der Waals surface area contributed by atoms with Crippen molar-refractivity contribution in [1.29, 1.82) is 0 Å². The summed E-state index contributed by atoms with van der Waals surface area (Å²) in [6.45, 7) is 2.63. The first-order chi connectivity index (χ1) is 12.5. The summed E-state index contributed by atoms with van der Waals surface area (Å²) < 4.78 is 0. The molecule has 6 heteroatoms. The Labute approximate surface area is 152 Å². The van der Waals surface area contributed by atoms with Crippen LogP contribution >= 0.6 is 0 Å². The molecule has 3 N–H and O–H groups in total. The quantitative estimate of drug-likeness (QED) is 0.633. The Morgan fingerprint density at radius 1 is 0.923 bits per heavy atom. The Morgan fingerprint density at radius 3 is 2.27 bits per heavy atom. The molecule has 136 valence electrons. The SMILES string of the molecule is Cc1cccc(C(=O)NCCNC(=O)CCc2ccc(C(=O)O)cc2)c1. The van der Waals surface area contributed by atoms with Crippen LogP contribution in [-0.4, -0.2) is 36.0 Å². The Balaban J connectivity index is 1.66. The van der Waals surface area contributed by atoms with Gasteiger partial charge < -0.3 is 15.7 Å². The summed E-state index contributed by atoms with van der Waals surface area (Å²) in [7, 11) is 0. The normalized spacial score (nSPS) is 10.2. The molecule has 0 aliphatic heterocycles. The first-order valence-corrected chi connectivity index (χ1v) is 8.39. The predicted molar refractivity (Wildman–Crippen MR) is 98.2 cm³/mol. The highest BCUT2D eigenvalue weighted by Crippen LogP contribution is 2.07. The van der Waals surface area contributed by atoms with Gasteiger partial charge in [0.05, 0.1) is 5.56 Å². The first kappa shape index (κ1) is 19.2. The van der Waals surface area contributed by atoms with Gasteiger partial charge in [-0.3, -0.25) is 9.59 Å². The summed E-state index contributed by atoms with van der Waals surface area (Å²) in [5.74, 6) is -1.25. The molecule has 2 aromatic carbocycles. The third-order valence-corrected chi connectivity index (χ3v) is 3.85. The van der Waals surface area contributed by atoms with E-state index in [1.54, 1.807) is 18.2 Å². The lowest BCUT2D eigenvalue weighted by Crippen LogP contribution is -2.34. The van der Waals surface area contributed by atoms with Crippen LogP contribution in [0.5, 0.6) is 0 Å². The molecule has 0 saturated heterocycles. The fourth-order valence-electron chi connectivity index (χ4n) is 2.43. The highest BCUT2D eigenvalue weighted by atomic mass is 16.4. The molecule has 0 radical (unpaired) electrons. The van der Waals surface area contributed by atoms with E-state index in [4.69, 9.17) is 5.11 Å². The summed E-state index contributed by atoms with van der Waals surface area (Å²) in [6, 6.07) is 13.8. The van der Waals surface area contributed by atoms with E-state index in [0.717, 1.165) is 11.1 Å². The minimum atomic E-state index is -0.970. The highest BCUT2D eigenvalue weighted by Gasteiger charge is 2.06. The topological polar surface area (TPSA) is 95.5 Å². The molecule has 0 heterocycles. The number of carboxylic acid groups (broad SMARTS) is 1. The molecule has 0 unspecified atom stereocenters. The van der Waals surface area contributed by atoms with Crippen LogP contribution in [0.25, 0.3) is 0 Å². The lowest BCUT2D eigenvalue weighted by atomic mass is 10.1. The van der Waals surface area contributed by atoms with Crippen LogP contribution in [0, 0.1) is 6.92 Å². The monoisotopic (exact) mass is 354 g/mol. The van der Waals surface area contributed by atoms with Crippen LogP contribution in [0.15, 0.2) is 48.5 Å². The summed E-state index contributed by atoms with van der Waals surface area (Å²) in [4.78, 5) is 34.6. The number of aryl methyl sites for hydroxylation is 2. The second-order valence-corrected chi connectivity index (χ2v) is 5.98. The second kappa shape index (κ2) is 9.36. The zero-order valence-electron chi connectivity index (χ0n) is 14.6. The molecular formula is C20H22N2O4. The van der Waals surface area contributed by atoms with Crippen molar-refractivity contribution in [3.8, 4) is 0 Å². The molecule has 2 aromatic rings. The maximum atomic E-state index is 12.0. The van der Waals surface area contributed by atoms with Crippen LogP contribution in [0.2, 0.25) is 0 Å². The third kappa shape index (κ3) is 6.05. The average molecular weight is 354 g/mol. The van der Waals surface area contributed by atoms with Crippen LogP contribution in [0.3, 0.4) is 0 Å². The van der Waals surface area contributed by atoms with Gasteiger partial charge in [0.2, 0.25) is 5.91 Å². The van der Waals surface area contributed by atoms with Crippen LogP contribution in [0.4, 0.5) is 0 Å². The Hall–Kier alpha value is -3.15. The number of carboxylic acids is 1. The molecule has 0 spiro atoms. The van der Waals surface area contributed by atoms with Gasteiger partial charge in [0.1, 0.15) is 0 Å². The standard InChI is InChI=1S/C20H22N2O4/c1-14-3-2-4-17(13-14)19(24)22-12-11-21-18(23)10-7-15-5-8-16(9-6-15)20(25)26/h2-6,8-9,13H,7,10-12H2,1H3,(H,21,23)(H,22,24)(H,25,26). The highest BCUT2D eigenvalue weighted by molar-refractivity contribution is 5.94. The molecule has 0 fully saturated rings. The molecule has 26 heavy (non-hydrogen) atoms. The van der Waals surface area contributed by atoms with Gasteiger partial charge in [0.15, 0.2) is 0 Å². The zero-order chi connectivity index (χ0) is 18.9. The van der Waals surface area contributed by atoms with E-state index in [9.17, 15) is 14.4 Å². The van der Waals surface area contributed by atoms with Gasteiger partial charge in [-0.05, 0) is 43.2 Å². The Kier molecular flexibility index (Phi) is 6.91. The summed E-state index contributed by atoms with van der Waals surface area (Å²) in [5, 5.41) is 14.4. The zero-order valence-corrected chi connectivity index (χ0v) is 14.6. The minimum Gasteiger partial charge on any atom is -0.478 e. The van der Waals surface area contributed by atoms with Crippen molar-refractivity contribution >= 4 is 17.8 Å². The van der Waals surface area contributed by atoms with Crippen molar-refractivity contribution in [1.82, 2.24) is 10.6 Å². The number of aromatic carboxylic acids is 1. The van der Waals surface area contributed by atoms with Crippen molar-refractivity contribution < 1.29 is 19.5 Å². The van der Waals surface area contributed by atoms with E-state index >= 15 is 0 Å². The van der Waals surface area contributed by atoms with Crippen LogP contribution in [-0.2, 0) is 11.2 Å². The number of hydrogen-bond donors (Lipinski definition) is 3. The Bertz CT molecular complexity index is 785. The second-order valence-electron chi connectivity index (χ2n) is 5.98. The number of carbonyl (C=O) groups is 3. The van der Waals surface area contributed by atoms with E-state index in [1.165, 1.54) is 12.1 Å². The van der Waals surface area contributed by atoms with Gasteiger partial charge in [0, 0.05) is 25.1 Å². The van der Waals surface area contributed by atoms with Gasteiger partial charge in [-0.2, -0.15) is 0 Å². The van der Waals surface area contributed by atoms with E-state index < -0.39 is 5.97 Å². The lowest BCUT2D eigenvalue weighted by Gasteiger charge is -2.08. The molecular weight excluding hydrogens is 332 g/mol. The molecule has 2 amide bonds. The molecule has 6 nitrogen and oxygen atoms in total. The van der Waals surface area contributed by atoms with Crippen molar-refractivity contribution in [2.45, 2.75) is 19.8 Å². The van der Waals surface area contributed by atoms with Gasteiger partial charge in [-0.1, -0.05) is 29.8 Å². The fraction of sp³-hybridized carbons (Fsp3) is 0.250. The van der Waals surface area contributed by atoms with Crippen LogP contribution < -0.4 is 10.6 Å². The van der Waals surface area contributed by atoms with Gasteiger partial charge >= 0.3 is 5.97 Å². The summed E-state index contributed by atoms with van der Waals surface area (Å²) in [5.41, 5.74) is 2.74. The van der Waals surface area contributed by atoms with Crippen molar-refractivity contribution in [3.05, 3.63) is 70.8 Å². The van der Waals surface area contributed by atoms with Crippen molar-refractivity contribution in [2.75, 3.05) is 13.1 Å². The van der Waals surface area contributed by atoms with E-state index in [0.29, 0.717) is 31.5 Å². The summed E-state index contributed by atoms with van der Waals surface area (Å²) in [6.07, 6.45) is 0.833. The van der Waals surface area contributed by atoms with E-state index in [1.807, 2.05) is 25.1 Å². The predicted octanol–water partition coefficient (Wildman–Crippen LogP) is 2.17. The van der Waals surface area contributed by atoms with Crippen molar-refractivity contribution in [2.24, 2.45) is 0 Å². The smallest absolute Gasteiger partial charge is 0.335 e. The molecule has 0 bridgehead atoms. The molecule has 2 rings (SSSR count). The number of hydrogen-bond acceptors (Lipinski definition) is 3. The summed E-state index contributed by atoms with van der Waals surface area (Å²) >= 11 is 0. The third-order valence-electron chi connectivity index (χ3n) is 3.85. The minimum absolute atomic E-state index is 0.114. The van der Waals surface area contributed by atoms with Gasteiger partial charge in [0.25, 0.3) is 5.91 Å². The molecule has 0 aliphatic rings. The maximum absolute atomic E-state index is 12.0. The van der Waals surface area contributed by atoms with Gasteiger partial charge in [-0.15, -0.1) is 0 Å². The number of carbonyl (C=O) groups excluding carboxylic acids is 2. The number of nitrogens with one attached hydrogen (secondary N) is 2. The fourth-order valence-corrected chi connectivity index (χ4v) is 2.43. The lowest BCUT2D eigenvalue weighted by molar-refractivity contribution is -0.121. The number of rotatable bonds is 8.